The summed E-state index contributed by atoms with van der Waals surface area (Å²) in [6, 6.07) is 7.37. The third-order valence-corrected chi connectivity index (χ3v) is 2.46. The molecular formula is C12H8F4O2. The highest BCUT2D eigenvalue weighted by Gasteiger charge is 2.32. The van der Waals surface area contributed by atoms with Gasteiger partial charge in [-0.25, -0.2) is 4.79 Å². The maximum absolute atomic E-state index is 12.7. The molecule has 2 rings (SSSR count). The molecule has 2 aromatic rings. The van der Waals surface area contributed by atoms with Crippen LogP contribution in [-0.2, 0) is 6.18 Å². The van der Waals surface area contributed by atoms with Gasteiger partial charge in [-0.1, -0.05) is 24.3 Å². The van der Waals surface area contributed by atoms with Crippen LogP contribution in [0.1, 0.15) is 15.9 Å². The standard InChI is InChI=1S/C12H7F3O2.FH/c13-12(14,15)10-6-2-3-7-8(10)4-1-5-9(7)11(16)17;/h1-6H,(H,16,17);1H. The van der Waals surface area contributed by atoms with Crippen LogP contribution < -0.4 is 0 Å². The summed E-state index contributed by atoms with van der Waals surface area (Å²) in [6.07, 6.45) is -4.49. The molecular weight excluding hydrogens is 252 g/mol. The van der Waals surface area contributed by atoms with Crippen molar-refractivity contribution in [1.82, 2.24) is 0 Å². The molecule has 0 unspecified atom stereocenters. The molecule has 18 heavy (non-hydrogen) atoms. The molecule has 0 saturated carbocycles. The van der Waals surface area contributed by atoms with Gasteiger partial charge >= 0.3 is 12.1 Å². The van der Waals surface area contributed by atoms with Crippen molar-refractivity contribution in [2.24, 2.45) is 0 Å². The van der Waals surface area contributed by atoms with Gasteiger partial charge in [-0.15, -0.1) is 0 Å². The molecule has 0 aliphatic rings. The second kappa shape index (κ2) is 4.64. The largest absolute Gasteiger partial charge is 0.478 e. The fourth-order valence-electron chi connectivity index (χ4n) is 1.74. The highest BCUT2D eigenvalue weighted by atomic mass is 19.4. The highest BCUT2D eigenvalue weighted by Crippen LogP contribution is 2.35. The fourth-order valence-corrected chi connectivity index (χ4v) is 1.74. The predicted molar refractivity (Wildman–Crippen MR) is 58.4 cm³/mol. The summed E-state index contributed by atoms with van der Waals surface area (Å²) in [7, 11) is 0. The molecule has 0 aromatic heterocycles. The van der Waals surface area contributed by atoms with Crippen molar-refractivity contribution in [2.45, 2.75) is 6.18 Å². The van der Waals surface area contributed by atoms with E-state index in [2.05, 4.69) is 0 Å². The van der Waals surface area contributed by atoms with E-state index in [-0.39, 0.29) is 21.0 Å². The molecule has 0 atom stereocenters. The first-order valence-electron chi connectivity index (χ1n) is 4.73. The van der Waals surface area contributed by atoms with Crippen molar-refractivity contribution in [2.75, 3.05) is 0 Å². The lowest BCUT2D eigenvalue weighted by atomic mass is 10.00. The van der Waals surface area contributed by atoms with Gasteiger partial charge in [0.05, 0.1) is 11.1 Å². The highest BCUT2D eigenvalue weighted by molar-refractivity contribution is 6.04. The van der Waals surface area contributed by atoms with Gasteiger partial charge in [-0.3, -0.25) is 4.70 Å². The topological polar surface area (TPSA) is 37.3 Å². The Morgan fingerprint density at radius 1 is 1.00 bits per heavy atom. The molecule has 2 aromatic carbocycles. The summed E-state index contributed by atoms with van der Waals surface area (Å²) in [5.74, 6) is -1.24. The average Bonchev–Trinajstić information content (AvgIpc) is 2.26. The maximum Gasteiger partial charge on any atom is 0.417 e. The van der Waals surface area contributed by atoms with Crippen LogP contribution in [0.15, 0.2) is 36.4 Å². The van der Waals surface area contributed by atoms with E-state index in [1.165, 1.54) is 30.3 Å². The molecule has 0 radical (unpaired) electrons. The Bertz CT molecular complexity index is 590. The molecule has 0 aliphatic heterocycles. The van der Waals surface area contributed by atoms with Crippen LogP contribution in [0.2, 0.25) is 0 Å². The average molecular weight is 260 g/mol. The minimum Gasteiger partial charge on any atom is -0.478 e. The molecule has 0 heterocycles. The van der Waals surface area contributed by atoms with Crippen LogP contribution in [0.3, 0.4) is 0 Å². The SMILES string of the molecule is F.O=C(O)c1cccc2c(C(F)(F)F)cccc12. The summed E-state index contributed by atoms with van der Waals surface area (Å²) in [4.78, 5) is 10.9. The second-order valence-electron chi connectivity index (χ2n) is 3.51. The Balaban J connectivity index is 0.00000162. The van der Waals surface area contributed by atoms with Crippen molar-refractivity contribution in [3.05, 3.63) is 47.5 Å². The Labute approximate surface area is 99.0 Å². The van der Waals surface area contributed by atoms with Crippen LogP contribution >= 0.6 is 0 Å². The number of halogens is 4. The zero-order valence-corrected chi connectivity index (χ0v) is 8.86. The Morgan fingerprint density at radius 3 is 2.11 bits per heavy atom. The van der Waals surface area contributed by atoms with E-state index in [0.29, 0.717) is 0 Å². The fraction of sp³-hybridized carbons (Fsp3) is 0.0833. The second-order valence-corrected chi connectivity index (χ2v) is 3.51. The third-order valence-electron chi connectivity index (χ3n) is 2.46. The van der Waals surface area contributed by atoms with E-state index in [1.807, 2.05) is 0 Å². The molecule has 0 bridgehead atoms. The Morgan fingerprint density at radius 2 is 1.56 bits per heavy atom. The van der Waals surface area contributed by atoms with Crippen molar-refractivity contribution in [3.63, 3.8) is 0 Å². The molecule has 6 heteroatoms. The lowest BCUT2D eigenvalue weighted by Crippen LogP contribution is -2.06. The summed E-state index contributed by atoms with van der Waals surface area (Å²) in [5, 5.41) is 8.89. The van der Waals surface area contributed by atoms with Gasteiger partial charge in [0.15, 0.2) is 0 Å². The number of fused-ring (bicyclic) bond motifs is 1. The quantitative estimate of drug-likeness (QED) is 0.793. The molecule has 1 N–H and O–H groups in total. The first-order chi connectivity index (χ1) is 7.91. The van der Waals surface area contributed by atoms with E-state index in [0.717, 1.165) is 6.07 Å². The van der Waals surface area contributed by atoms with Crippen LogP contribution in [0.4, 0.5) is 17.9 Å². The van der Waals surface area contributed by atoms with Crippen LogP contribution in [-0.4, -0.2) is 11.1 Å². The van der Waals surface area contributed by atoms with Gasteiger partial charge in [0, 0.05) is 0 Å². The van der Waals surface area contributed by atoms with Crippen LogP contribution in [0, 0.1) is 0 Å². The van der Waals surface area contributed by atoms with Gasteiger partial charge in [-0.2, -0.15) is 13.2 Å². The first-order valence-corrected chi connectivity index (χ1v) is 4.73. The van der Waals surface area contributed by atoms with Crippen molar-refractivity contribution < 1.29 is 27.8 Å². The van der Waals surface area contributed by atoms with Crippen LogP contribution in [0.5, 0.6) is 0 Å². The van der Waals surface area contributed by atoms with E-state index in [4.69, 9.17) is 5.11 Å². The normalized spacial score (nSPS) is 11.1. The lowest BCUT2D eigenvalue weighted by molar-refractivity contribution is -0.136. The number of rotatable bonds is 1. The Kier molecular flexibility index (Phi) is 3.59. The van der Waals surface area contributed by atoms with Gasteiger partial charge in [-0.05, 0) is 22.9 Å². The van der Waals surface area contributed by atoms with Gasteiger partial charge in [0.1, 0.15) is 0 Å². The first kappa shape index (κ1) is 14.0. The summed E-state index contributed by atoms with van der Waals surface area (Å²) >= 11 is 0. The number of hydrogen-bond donors (Lipinski definition) is 1. The van der Waals surface area contributed by atoms with Crippen molar-refractivity contribution in [1.29, 1.82) is 0 Å². The van der Waals surface area contributed by atoms with Gasteiger partial charge in [0.25, 0.3) is 0 Å². The maximum atomic E-state index is 12.7. The lowest BCUT2D eigenvalue weighted by Gasteiger charge is -2.11. The Hall–Kier alpha value is -2.11. The number of alkyl halides is 3. The smallest absolute Gasteiger partial charge is 0.417 e. The molecule has 0 spiro atoms. The zero-order chi connectivity index (χ0) is 12.6. The minimum atomic E-state index is -4.49. The monoisotopic (exact) mass is 260 g/mol. The summed E-state index contributed by atoms with van der Waals surface area (Å²) in [6.45, 7) is 0. The van der Waals surface area contributed by atoms with Gasteiger partial charge < -0.3 is 5.11 Å². The summed E-state index contributed by atoms with van der Waals surface area (Å²) in [5.41, 5.74) is -0.952. The number of aromatic carboxylic acids is 1. The van der Waals surface area contributed by atoms with E-state index < -0.39 is 17.7 Å². The number of carboxylic acid groups (broad SMARTS) is 1. The number of benzene rings is 2. The minimum absolute atomic E-state index is 0. The van der Waals surface area contributed by atoms with Gasteiger partial charge in [0.2, 0.25) is 0 Å². The predicted octanol–water partition coefficient (Wildman–Crippen LogP) is 3.71. The molecule has 0 aliphatic carbocycles. The zero-order valence-electron chi connectivity index (χ0n) is 8.86. The third kappa shape index (κ3) is 2.27. The molecule has 0 saturated heterocycles. The van der Waals surface area contributed by atoms with E-state index in [1.54, 1.807) is 0 Å². The number of hydrogen-bond acceptors (Lipinski definition) is 1. The molecule has 96 valence electrons. The van der Waals surface area contributed by atoms with E-state index in [9.17, 15) is 18.0 Å². The molecule has 0 amide bonds. The molecule has 2 nitrogen and oxygen atoms in total. The summed E-state index contributed by atoms with van der Waals surface area (Å²) < 4.78 is 38.1. The van der Waals surface area contributed by atoms with E-state index >= 15 is 0 Å². The number of carboxylic acids is 1. The molecule has 0 fully saturated rings. The van der Waals surface area contributed by atoms with Crippen LogP contribution in [0.25, 0.3) is 10.8 Å². The van der Waals surface area contributed by atoms with Crippen molar-refractivity contribution in [3.8, 4) is 0 Å². The van der Waals surface area contributed by atoms with Crippen molar-refractivity contribution >= 4 is 16.7 Å². The number of carbonyl (C=O) groups is 1.